The van der Waals surface area contributed by atoms with Crippen molar-refractivity contribution in [3.05, 3.63) is 76.9 Å². The topological polar surface area (TPSA) is 41.8 Å². The quantitative estimate of drug-likeness (QED) is 0.372. The van der Waals surface area contributed by atoms with Crippen LogP contribution < -0.4 is 4.74 Å². The lowest BCUT2D eigenvalue weighted by Gasteiger charge is -2.57. The molecule has 0 aromatic heterocycles. The van der Waals surface area contributed by atoms with Crippen LogP contribution in [0.3, 0.4) is 0 Å². The largest absolute Gasteiger partial charge is 0.507 e. The van der Waals surface area contributed by atoms with Crippen molar-refractivity contribution in [3.63, 3.8) is 0 Å². The summed E-state index contributed by atoms with van der Waals surface area (Å²) < 4.78 is 34.7. The normalized spacial score (nSPS) is 26.6. The summed E-state index contributed by atoms with van der Waals surface area (Å²) in [7, 11) is 1.52. The zero-order valence-corrected chi connectivity index (χ0v) is 20.7. The number of ether oxygens (including phenoxy) is 1. The van der Waals surface area contributed by atoms with E-state index in [1.807, 2.05) is 13.0 Å². The van der Waals surface area contributed by atoms with E-state index in [0.29, 0.717) is 22.4 Å². The smallest absolute Gasteiger partial charge is 0.152 e. The Hall–Kier alpha value is -3.21. The summed E-state index contributed by atoms with van der Waals surface area (Å²) in [5.74, 6) is 1.56. The third kappa shape index (κ3) is 3.89. The molecular weight excluding hydrogens is 456 g/mol. The van der Waals surface area contributed by atoms with E-state index in [4.69, 9.17) is 4.74 Å². The summed E-state index contributed by atoms with van der Waals surface area (Å²) in [4.78, 5) is 4.48. The summed E-state index contributed by atoms with van der Waals surface area (Å²) in [6.45, 7) is 2.03. The molecule has 4 aliphatic rings. The van der Waals surface area contributed by atoms with Gasteiger partial charge in [-0.05, 0) is 92.4 Å². The van der Waals surface area contributed by atoms with E-state index in [1.54, 1.807) is 24.3 Å². The van der Waals surface area contributed by atoms with Crippen molar-refractivity contribution < 1.29 is 18.6 Å². The first-order valence-corrected chi connectivity index (χ1v) is 12.9. The molecule has 0 heterocycles. The van der Waals surface area contributed by atoms with Gasteiger partial charge < -0.3 is 9.84 Å². The lowest BCUT2D eigenvalue weighted by molar-refractivity contribution is -0.00616. The Morgan fingerprint density at radius 1 is 0.944 bits per heavy atom. The minimum atomic E-state index is -0.763. The Morgan fingerprint density at radius 3 is 2.28 bits per heavy atom. The van der Waals surface area contributed by atoms with Gasteiger partial charge in [0.1, 0.15) is 23.0 Å². The van der Waals surface area contributed by atoms with Crippen molar-refractivity contribution in [2.24, 2.45) is 22.7 Å². The predicted octanol–water partition coefficient (Wildman–Crippen LogP) is 7.87. The maximum absolute atomic E-state index is 15.0. The number of methoxy groups -OCH3 is 1. The molecule has 3 aromatic carbocycles. The summed E-state index contributed by atoms with van der Waals surface area (Å²) in [6.07, 6.45) is 8.91. The van der Waals surface area contributed by atoms with E-state index in [1.165, 1.54) is 38.7 Å². The molecule has 0 spiro atoms. The molecule has 4 bridgehead atoms. The highest BCUT2D eigenvalue weighted by Gasteiger charge is 2.52. The molecule has 186 valence electrons. The van der Waals surface area contributed by atoms with E-state index >= 15 is 4.39 Å². The fourth-order valence-electron chi connectivity index (χ4n) is 7.65. The van der Waals surface area contributed by atoms with Crippen molar-refractivity contribution in [1.82, 2.24) is 0 Å². The molecule has 3 nitrogen and oxygen atoms in total. The second kappa shape index (κ2) is 8.72. The molecule has 0 amide bonds. The zero-order valence-electron chi connectivity index (χ0n) is 20.7. The highest BCUT2D eigenvalue weighted by atomic mass is 19.1. The number of phenolic OH excluding ortho intramolecular Hbond substituents is 1. The molecule has 4 aliphatic carbocycles. The molecule has 0 saturated heterocycles. The Bertz CT molecular complexity index is 1330. The summed E-state index contributed by atoms with van der Waals surface area (Å²) in [6, 6.07) is 13.2. The van der Waals surface area contributed by atoms with Gasteiger partial charge in [-0.15, -0.1) is 0 Å². The molecule has 0 radical (unpaired) electrons. The van der Waals surface area contributed by atoms with Gasteiger partial charge in [0.05, 0.1) is 7.11 Å². The molecule has 0 aliphatic heterocycles. The van der Waals surface area contributed by atoms with Crippen molar-refractivity contribution in [2.75, 3.05) is 7.11 Å². The van der Waals surface area contributed by atoms with Crippen molar-refractivity contribution in [1.29, 1.82) is 0 Å². The van der Waals surface area contributed by atoms with E-state index in [2.05, 4.69) is 11.1 Å². The van der Waals surface area contributed by atoms with Crippen LogP contribution in [0, 0.1) is 36.3 Å². The van der Waals surface area contributed by atoms with Crippen LogP contribution in [0.15, 0.2) is 53.5 Å². The minimum Gasteiger partial charge on any atom is -0.507 e. The van der Waals surface area contributed by atoms with Gasteiger partial charge in [-0.1, -0.05) is 24.3 Å². The lowest BCUT2D eigenvalue weighted by Crippen LogP contribution is -2.48. The number of halogens is 2. The predicted molar refractivity (Wildman–Crippen MR) is 138 cm³/mol. The number of nitrogens with zero attached hydrogens (tertiary/aromatic N) is 1. The van der Waals surface area contributed by atoms with E-state index < -0.39 is 11.6 Å². The van der Waals surface area contributed by atoms with Crippen LogP contribution in [0.2, 0.25) is 0 Å². The zero-order chi connectivity index (χ0) is 25.0. The minimum absolute atomic E-state index is 0.0122. The van der Waals surface area contributed by atoms with Crippen molar-refractivity contribution in [3.8, 4) is 22.6 Å². The molecule has 7 rings (SSSR count). The fraction of sp³-hybridized carbons (Fsp3) is 0.387. The Labute approximate surface area is 210 Å². The second-order valence-corrected chi connectivity index (χ2v) is 11.2. The maximum atomic E-state index is 15.0. The molecule has 4 saturated carbocycles. The average Bonchev–Trinajstić information content (AvgIpc) is 2.84. The number of hydrogen-bond acceptors (Lipinski definition) is 3. The number of phenols is 1. The first-order valence-electron chi connectivity index (χ1n) is 12.9. The van der Waals surface area contributed by atoms with Gasteiger partial charge >= 0.3 is 0 Å². The number of rotatable bonds is 5. The lowest BCUT2D eigenvalue weighted by atomic mass is 9.48. The average molecular weight is 488 g/mol. The van der Waals surface area contributed by atoms with E-state index in [0.717, 1.165) is 54.2 Å². The number of benzene rings is 3. The molecule has 36 heavy (non-hydrogen) atoms. The highest BCUT2D eigenvalue weighted by molar-refractivity contribution is 5.90. The number of hydrogen-bond donors (Lipinski definition) is 1. The van der Waals surface area contributed by atoms with Gasteiger partial charge in [-0.3, -0.25) is 4.99 Å². The van der Waals surface area contributed by atoms with Crippen LogP contribution in [0.25, 0.3) is 11.1 Å². The number of aliphatic imine (C=N–C) groups is 1. The summed E-state index contributed by atoms with van der Waals surface area (Å²) >= 11 is 0. The number of aryl methyl sites for hydroxylation is 1. The van der Waals surface area contributed by atoms with Gasteiger partial charge in [0.15, 0.2) is 5.82 Å². The first kappa shape index (κ1) is 23.2. The van der Waals surface area contributed by atoms with Crippen LogP contribution in [0.1, 0.15) is 55.2 Å². The van der Waals surface area contributed by atoms with Gasteiger partial charge in [-0.25, -0.2) is 8.78 Å². The van der Waals surface area contributed by atoms with Gasteiger partial charge in [0.2, 0.25) is 0 Å². The van der Waals surface area contributed by atoms with Crippen molar-refractivity contribution in [2.45, 2.75) is 50.9 Å². The van der Waals surface area contributed by atoms with Crippen molar-refractivity contribution >= 4 is 11.9 Å². The third-order valence-electron chi connectivity index (χ3n) is 8.65. The number of aromatic hydroxyl groups is 1. The third-order valence-corrected chi connectivity index (χ3v) is 8.65. The van der Waals surface area contributed by atoms with E-state index in [9.17, 15) is 9.50 Å². The van der Waals surface area contributed by atoms with Gasteiger partial charge in [-0.2, -0.15) is 0 Å². The fourth-order valence-corrected chi connectivity index (χ4v) is 7.65. The summed E-state index contributed by atoms with van der Waals surface area (Å²) in [5.41, 5.74) is 3.52. The van der Waals surface area contributed by atoms with Crippen LogP contribution in [0.5, 0.6) is 11.5 Å². The molecule has 0 atom stereocenters. The highest BCUT2D eigenvalue weighted by Crippen LogP contribution is 2.62. The summed E-state index contributed by atoms with van der Waals surface area (Å²) in [5, 5.41) is 11.5. The SMILES string of the molecule is COc1ccccc1-c1cc(F)cc(F)c1N=Cc1cc(C)cc(C23CC4CC(CC(C4)C2)C3)c1O. The van der Waals surface area contributed by atoms with Crippen LogP contribution in [-0.2, 0) is 5.41 Å². The van der Waals surface area contributed by atoms with Crippen LogP contribution >= 0.6 is 0 Å². The molecule has 4 fully saturated rings. The molecule has 0 unspecified atom stereocenters. The molecular formula is C31H31F2NO2. The van der Waals surface area contributed by atoms with Crippen LogP contribution in [-0.4, -0.2) is 18.4 Å². The monoisotopic (exact) mass is 487 g/mol. The van der Waals surface area contributed by atoms with Gasteiger partial charge in [0, 0.05) is 34.5 Å². The molecule has 1 N–H and O–H groups in total. The molecule has 5 heteroatoms. The Balaban J connectivity index is 1.43. The standard InChI is InChI=1S/C31H31F2NO2/c1-18-7-22(30(35)26(8-18)31-14-19-9-20(15-31)11-21(10-19)16-31)17-34-29-25(12-23(32)13-27(29)33)24-5-3-4-6-28(24)36-2/h3-8,12-13,17,19-21,35H,9-11,14-16H2,1-2H3. The first-order chi connectivity index (χ1) is 17.3. The van der Waals surface area contributed by atoms with E-state index in [-0.39, 0.29) is 16.9 Å². The van der Waals surface area contributed by atoms with Crippen LogP contribution in [0.4, 0.5) is 14.5 Å². The Kier molecular flexibility index (Phi) is 5.62. The second-order valence-electron chi connectivity index (χ2n) is 11.2. The Morgan fingerprint density at radius 2 is 1.61 bits per heavy atom. The van der Waals surface area contributed by atoms with Gasteiger partial charge in [0.25, 0.3) is 0 Å². The molecule has 3 aromatic rings. The number of para-hydroxylation sites is 1. The maximum Gasteiger partial charge on any atom is 0.152 e.